The third-order valence-corrected chi connectivity index (χ3v) is 6.01. The summed E-state index contributed by atoms with van der Waals surface area (Å²) in [4.78, 5) is 4.57. The number of nitrogens with one attached hydrogen (secondary N) is 1. The maximum atomic E-state index is 4.57. The van der Waals surface area contributed by atoms with E-state index in [4.69, 9.17) is 0 Å². The van der Waals surface area contributed by atoms with E-state index in [0.717, 1.165) is 12.5 Å². The van der Waals surface area contributed by atoms with Crippen molar-refractivity contribution in [2.75, 3.05) is 6.54 Å². The van der Waals surface area contributed by atoms with Gasteiger partial charge < -0.3 is 5.32 Å². The minimum atomic E-state index is 0.489. The highest BCUT2D eigenvalue weighted by Crippen LogP contribution is 2.65. The summed E-state index contributed by atoms with van der Waals surface area (Å²) in [6.07, 6.45) is 6.63. The van der Waals surface area contributed by atoms with Gasteiger partial charge >= 0.3 is 0 Å². The van der Waals surface area contributed by atoms with Gasteiger partial charge in [0.1, 0.15) is 0 Å². The molecule has 3 aliphatic rings. The van der Waals surface area contributed by atoms with Crippen LogP contribution in [0.1, 0.15) is 52.9 Å². The zero-order valence-corrected chi connectivity index (χ0v) is 10.8. The summed E-state index contributed by atoms with van der Waals surface area (Å²) in [6, 6.07) is 0.679. The molecule has 3 atom stereocenters. The Balaban J connectivity index is 1.79. The molecule has 2 fully saturated rings. The predicted molar refractivity (Wildman–Crippen MR) is 67.7 cm³/mol. The Labute approximate surface area is 98.9 Å². The van der Waals surface area contributed by atoms with Crippen LogP contribution in [0, 0.1) is 16.7 Å². The van der Waals surface area contributed by atoms with Gasteiger partial charge in [-0.1, -0.05) is 20.8 Å². The molecule has 2 nitrogen and oxygen atoms in total. The molecule has 2 aliphatic carbocycles. The molecule has 90 valence electrons. The van der Waals surface area contributed by atoms with Gasteiger partial charge in [-0.3, -0.25) is 4.99 Å². The van der Waals surface area contributed by atoms with Gasteiger partial charge in [0.25, 0.3) is 0 Å². The third-order valence-electron chi connectivity index (χ3n) is 6.01. The summed E-state index contributed by atoms with van der Waals surface area (Å²) in [6.45, 7) is 8.48. The lowest BCUT2D eigenvalue weighted by Gasteiger charge is -2.39. The van der Waals surface area contributed by atoms with Crippen LogP contribution in [0.4, 0.5) is 0 Å². The molecule has 0 aromatic heterocycles. The van der Waals surface area contributed by atoms with E-state index in [2.05, 4.69) is 31.1 Å². The highest BCUT2D eigenvalue weighted by Gasteiger charge is 2.61. The molecule has 2 bridgehead atoms. The normalized spacial score (nSPS) is 44.8. The van der Waals surface area contributed by atoms with E-state index in [1.54, 1.807) is 0 Å². The molecule has 0 amide bonds. The van der Waals surface area contributed by atoms with Crippen LogP contribution in [0.2, 0.25) is 0 Å². The molecular formula is C14H24N2. The van der Waals surface area contributed by atoms with Crippen LogP contribution in [0.5, 0.6) is 0 Å². The lowest BCUT2D eigenvalue weighted by Crippen LogP contribution is -2.46. The van der Waals surface area contributed by atoms with Crippen molar-refractivity contribution in [3.63, 3.8) is 0 Å². The van der Waals surface area contributed by atoms with Gasteiger partial charge in [0.05, 0.1) is 5.84 Å². The maximum Gasteiger partial charge on any atom is 0.0966 e. The first-order valence-corrected chi connectivity index (χ1v) is 6.84. The molecule has 0 radical (unpaired) electrons. The lowest BCUT2D eigenvalue weighted by molar-refractivity contribution is 0.129. The molecule has 3 rings (SSSR count). The van der Waals surface area contributed by atoms with Crippen molar-refractivity contribution >= 4 is 5.84 Å². The molecule has 1 heterocycles. The number of fused-ring (bicyclic) bond motifs is 2. The van der Waals surface area contributed by atoms with Gasteiger partial charge in [0, 0.05) is 19.0 Å². The molecular weight excluding hydrogens is 196 g/mol. The number of amidine groups is 1. The third kappa shape index (κ3) is 1.22. The molecule has 16 heavy (non-hydrogen) atoms. The minimum absolute atomic E-state index is 0.489. The summed E-state index contributed by atoms with van der Waals surface area (Å²) in [5, 5.41) is 3.76. The second-order valence-electron chi connectivity index (χ2n) is 6.74. The Hall–Kier alpha value is -0.530. The van der Waals surface area contributed by atoms with Crippen LogP contribution in [0.15, 0.2) is 4.99 Å². The second kappa shape index (κ2) is 3.24. The van der Waals surface area contributed by atoms with E-state index >= 15 is 0 Å². The highest BCUT2D eigenvalue weighted by atomic mass is 15.1. The first-order valence-electron chi connectivity index (χ1n) is 6.84. The number of rotatable bonds is 1. The fraction of sp³-hybridized carbons (Fsp3) is 0.929. The molecule has 1 N–H and O–H groups in total. The molecule has 1 aliphatic heterocycles. The molecule has 0 spiro atoms. The average Bonchev–Trinajstić information content (AvgIpc) is 2.84. The molecule has 0 aromatic rings. The van der Waals surface area contributed by atoms with Gasteiger partial charge in [-0.2, -0.15) is 0 Å². The summed E-state index contributed by atoms with van der Waals surface area (Å²) >= 11 is 0. The van der Waals surface area contributed by atoms with Gasteiger partial charge in [-0.05, 0) is 42.4 Å². The highest BCUT2D eigenvalue weighted by molar-refractivity contribution is 5.84. The second-order valence-corrected chi connectivity index (χ2v) is 6.74. The summed E-state index contributed by atoms with van der Waals surface area (Å²) < 4.78 is 0. The van der Waals surface area contributed by atoms with E-state index in [1.807, 2.05) is 0 Å². The standard InChI is InChI=1S/C14H24N2/c1-13(2)10-6-7-14(13,3)11(9-10)16-12-5-4-8-15-12/h10-11H,4-9H2,1-3H3,(H,15,16)/t10-,11+,14+/m0/s1. The first kappa shape index (κ1) is 10.6. The van der Waals surface area contributed by atoms with E-state index in [-0.39, 0.29) is 0 Å². The van der Waals surface area contributed by atoms with Crippen molar-refractivity contribution in [3.05, 3.63) is 0 Å². The number of nitrogens with zero attached hydrogens (tertiary/aromatic N) is 1. The van der Waals surface area contributed by atoms with E-state index in [1.165, 1.54) is 37.9 Å². The predicted octanol–water partition coefficient (Wildman–Crippen LogP) is 2.98. The van der Waals surface area contributed by atoms with Gasteiger partial charge in [-0.15, -0.1) is 0 Å². The maximum absolute atomic E-state index is 4.57. The fourth-order valence-corrected chi connectivity index (χ4v) is 4.28. The van der Waals surface area contributed by atoms with Crippen LogP contribution in [-0.2, 0) is 0 Å². The van der Waals surface area contributed by atoms with E-state index < -0.39 is 0 Å². The quantitative estimate of drug-likeness (QED) is 0.722. The van der Waals surface area contributed by atoms with Crippen LogP contribution in [0.3, 0.4) is 0 Å². The number of hydrogen-bond acceptors (Lipinski definition) is 2. The zero-order chi connectivity index (χ0) is 11.4. The van der Waals surface area contributed by atoms with Crippen molar-refractivity contribution in [2.24, 2.45) is 21.7 Å². The van der Waals surface area contributed by atoms with Crippen LogP contribution in [-0.4, -0.2) is 18.4 Å². The Morgan fingerprint density at radius 2 is 2.12 bits per heavy atom. The summed E-state index contributed by atoms with van der Waals surface area (Å²) in [5.41, 5.74) is 1.01. The molecule has 0 aromatic carbocycles. The van der Waals surface area contributed by atoms with Crippen molar-refractivity contribution in [2.45, 2.75) is 58.9 Å². The van der Waals surface area contributed by atoms with Crippen LogP contribution in [0.25, 0.3) is 0 Å². The summed E-state index contributed by atoms with van der Waals surface area (Å²) in [5.74, 6) is 2.21. The SMILES string of the molecule is CC1(C)[C@H]2CC[C@]1(C)[C@H](NC1=NCCC1)C2. The van der Waals surface area contributed by atoms with E-state index in [0.29, 0.717) is 16.9 Å². The molecule has 2 heteroatoms. The zero-order valence-electron chi connectivity index (χ0n) is 10.8. The first-order chi connectivity index (χ1) is 7.54. The lowest BCUT2D eigenvalue weighted by atomic mass is 9.69. The topological polar surface area (TPSA) is 24.4 Å². The number of hydrogen-bond donors (Lipinski definition) is 1. The van der Waals surface area contributed by atoms with Crippen LogP contribution < -0.4 is 5.32 Å². The average molecular weight is 220 g/mol. The molecule has 0 saturated heterocycles. The van der Waals surface area contributed by atoms with Gasteiger partial charge in [-0.25, -0.2) is 0 Å². The van der Waals surface area contributed by atoms with E-state index in [9.17, 15) is 0 Å². The largest absolute Gasteiger partial charge is 0.371 e. The molecule has 0 unspecified atom stereocenters. The van der Waals surface area contributed by atoms with Gasteiger partial charge in [0.15, 0.2) is 0 Å². The van der Waals surface area contributed by atoms with Crippen molar-refractivity contribution in [1.82, 2.24) is 5.32 Å². The Morgan fingerprint density at radius 1 is 1.31 bits per heavy atom. The Morgan fingerprint density at radius 3 is 2.62 bits per heavy atom. The monoisotopic (exact) mass is 220 g/mol. The Bertz CT molecular complexity index is 332. The number of aliphatic imine (C=N–C) groups is 1. The summed E-state index contributed by atoms with van der Waals surface area (Å²) in [7, 11) is 0. The fourth-order valence-electron chi connectivity index (χ4n) is 4.28. The van der Waals surface area contributed by atoms with Crippen molar-refractivity contribution < 1.29 is 0 Å². The minimum Gasteiger partial charge on any atom is -0.371 e. The van der Waals surface area contributed by atoms with Gasteiger partial charge in [0.2, 0.25) is 0 Å². The van der Waals surface area contributed by atoms with Crippen molar-refractivity contribution in [1.29, 1.82) is 0 Å². The van der Waals surface area contributed by atoms with Crippen molar-refractivity contribution in [3.8, 4) is 0 Å². The smallest absolute Gasteiger partial charge is 0.0966 e. The molecule has 2 saturated carbocycles. The van der Waals surface area contributed by atoms with Crippen LogP contribution >= 0.6 is 0 Å². The Kier molecular flexibility index (Phi) is 2.15.